The molecule has 0 amide bonds. The molecule has 1 heterocycles. The first-order chi connectivity index (χ1) is 28.6. The second-order valence-corrected chi connectivity index (χ2v) is 13.0. The van der Waals surface area contributed by atoms with Crippen LogP contribution in [0.2, 0.25) is 0 Å². The van der Waals surface area contributed by atoms with E-state index >= 15 is 0 Å². The molecule has 0 aliphatic rings. The van der Waals surface area contributed by atoms with Crippen LogP contribution in [0.4, 0.5) is 0 Å². The normalized spacial score (nSPS) is 14.1. The third-order valence-corrected chi connectivity index (χ3v) is 10.3. The second-order valence-electron chi connectivity index (χ2n) is 13.0. The van der Waals surface area contributed by atoms with Crippen molar-refractivity contribution in [1.82, 2.24) is 0 Å². The quantitative estimate of drug-likeness (QED) is 0.173. The highest BCUT2D eigenvalue weighted by Gasteiger charge is 2.19. The van der Waals surface area contributed by atoms with Crippen LogP contribution < -0.4 is 0 Å². The molecule has 51 heavy (non-hydrogen) atoms. The zero-order valence-electron chi connectivity index (χ0n) is 35.1. The molecule has 236 valence electrons. The number of hydrogen-bond acceptors (Lipinski definition) is 1. The molecule has 0 atom stereocenters. The Bertz CT molecular complexity index is 3580. The predicted molar refractivity (Wildman–Crippen MR) is 218 cm³/mol. The van der Waals surface area contributed by atoms with Gasteiger partial charge in [-0.15, -0.1) is 0 Å². The summed E-state index contributed by atoms with van der Waals surface area (Å²) in [7, 11) is 0. The van der Waals surface area contributed by atoms with Crippen LogP contribution in [0.15, 0.2) is 186 Å². The molecule has 0 saturated heterocycles. The van der Waals surface area contributed by atoms with Gasteiger partial charge in [-0.05, 0) is 118 Å². The topological polar surface area (TPSA) is 13.1 Å². The van der Waals surface area contributed by atoms with Crippen molar-refractivity contribution >= 4 is 75.8 Å². The fourth-order valence-corrected chi connectivity index (χ4v) is 7.94. The van der Waals surface area contributed by atoms with E-state index < -0.39 is 24.2 Å². The van der Waals surface area contributed by atoms with Crippen molar-refractivity contribution in [1.29, 1.82) is 0 Å². The molecule has 0 saturated carbocycles. The summed E-state index contributed by atoms with van der Waals surface area (Å²) < 4.78 is 79.2. The van der Waals surface area contributed by atoms with Crippen LogP contribution >= 0.6 is 0 Å². The third kappa shape index (κ3) is 4.28. The van der Waals surface area contributed by atoms with Crippen molar-refractivity contribution in [3.8, 4) is 33.4 Å². The second kappa shape index (κ2) is 10.9. The zero-order valence-corrected chi connectivity index (χ0v) is 27.1. The van der Waals surface area contributed by atoms with Crippen LogP contribution in [0.3, 0.4) is 0 Å². The maximum atomic E-state index is 9.43. The number of hydrogen-bond donors (Lipinski definition) is 0. The maximum Gasteiger partial charge on any atom is 0.136 e. The molecule has 1 nitrogen and oxygen atoms in total. The largest absolute Gasteiger partial charge is 0.456 e. The van der Waals surface area contributed by atoms with E-state index in [1.54, 1.807) is 0 Å². The molecule has 0 aliphatic heterocycles. The van der Waals surface area contributed by atoms with Crippen LogP contribution in [0.25, 0.3) is 109 Å². The van der Waals surface area contributed by atoms with E-state index in [0.717, 1.165) is 65.4 Å². The van der Waals surface area contributed by atoms with Gasteiger partial charge in [-0.25, -0.2) is 0 Å². The Morgan fingerprint density at radius 2 is 0.941 bits per heavy atom. The number of benzene rings is 10. The number of furan rings is 1. The molecule has 0 N–H and O–H groups in total. The summed E-state index contributed by atoms with van der Waals surface area (Å²) in [6.45, 7) is 0. The van der Waals surface area contributed by atoms with E-state index in [1.165, 1.54) is 0 Å². The van der Waals surface area contributed by atoms with Gasteiger partial charge >= 0.3 is 0 Å². The highest BCUT2D eigenvalue weighted by molar-refractivity contribution is 6.24. The Kier molecular flexibility index (Phi) is 4.57. The molecule has 1 heteroatoms. The van der Waals surface area contributed by atoms with Crippen LogP contribution in [0.5, 0.6) is 0 Å². The van der Waals surface area contributed by atoms with Crippen molar-refractivity contribution in [2.24, 2.45) is 0 Å². The number of fused-ring (bicyclic) bond motifs is 9. The van der Waals surface area contributed by atoms with Crippen LogP contribution in [-0.4, -0.2) is 0 Å². The molecule has 0 unspecified atom stereocenters. The summed E-state index contributed by atoms with van der Waals surface area (Å²) in [6.07, 6.45) is 0. The van der Waals surface area contributed by atoms with Crippen LogP contribution in [0.1, 0.15) is 11.0 Å². The third-order valence-electron chi connectivity index (χ3n) is 10.3. The average molecular weight is 655 g/mol. The fraction of sp³-hybridized carbons (Fsp3) is 0. The Balaban J connectivity index is 1.22. The monoisotopic (exact) mass is 654 g/mol. The summed E-state index contributed by atoms with van der Waals surface area (Å²) in [4.78, 5) is 0. The van der Waals surface area contributed by atoms with Crippen molar-refractivity contribution in [3.05, 3.63) is 182 Å². The lowest BCUT2D eigenvalue weighted by Crippen LogP contribution is -1.92. The minimum absolute atomic E-state index is 0.192. The van der Waals surface area contributed by atoms with Crippen LogP contribution in [-0.2, 0) is 0 Å². The highest BCUT2D eigenvalue weighted by Crippen LogP contribution is 2.46. The lowest BCUT2D eigenvalue weighted by molar-refractivity contribution is 0.669. The molecule has 0 radical (unpaired) electrons. The van der Waals surface area contributed by atoms with E-state index in [0.29, 0.717) is 22.3 Å². The van der Waals surface area contributed by atoms with Crippen molar-refractivity contribution in [3.63, 3.8) is 0 Å². The summed E-state index contributed by atoms with van der Waals surface area (Å²) in [5, 5.41) is 8.55. The van der Waals surface area contributed by atoms with Gasteiger partial charge in [0.25, 0.3) is 0 Å². The molecular weight excluding hydrogens is 617 g/mol. The smallest absolute Gasteiger partial charge is 0.136 e. The molecule has 0 spiro atoms. The summed E-state index contributed by atoms with van der Waals surface area (Å²) in [6, 6.07) is 41.0. The lowest BCUT2D eigenvalue weighted by Gasteiger charge is -2.19. The molecule has 11 rings (SSSR count). The van der Waals surface area contributed by atoms with Gasteiger partial charge in [-0.3, -0.25) is 0 Å². The summed E-state index contributed by atoms with van der Waals surface area (Å²) in [5.74, 6) is 0. The van der Waals surface area contributed by atoms with Gasteiger partial charge in [-0.1, -0.05) is 151 Å². The Morgan fingerprint density at radius 1 is 0.353 bits per heavy atom. The van der Waals surface area contributed by atoms with E-state index in [1.807, 2.05) is 103 Å². The van der Waals surface area contributed by atoms with Gasteiger partial charge in [0.15, 0.2) is 0 Å². The van der Waals surface area contributed by atoms with Crippen molar-refractivity contribution < 1.29 is 15.4 Å². The molecular formula is C50H30O. The zero-order chi connectivity index (χ0) is 40.4. The highest BCUT2D eigenvalue weighted by atomic mass is 16.3. The van der Waals surface area contributed by atoms with Crippen molar-refractivity contribution in [2.75, 3.05) is 0 Å². The Labute approximate surface area is 305 Å². The number of rotatable bonds is 3. The fourth-order valence-electron chi connectivity index (χ4n) is 7.94. The molecule has 10 aromatic carbocycles. The summed E-state index contributed by atoms with van der Waals surface area (Å²) in [5.41, 5.74) is 5.39. The first kappa shape index (κ1) is 21.4. The molecule has 0 aliphatic carbocycles. The van der Waals surface area contributed by atoms with Gasteiger partial charge < -0.3 is 4.42 Å². The van der Waals surface area contributed by atoms with Gasteiger partial charge in [0, 0.05) is 10.8 Å². The van der Waals surface area contributed by atoms with Crippen molar-refractivity contribution in [2.45, 2.75) is 0 Å². The Morgan fingerprint density at radius 3 is 1.75 bits per heavy atom. The molecule has 1 aromatic heterocycles. The van der Waals surface area contributed by atoms with E-state index in [-0.39, 0.29) is 45.7 Å². The maximum absolute atomic E-state index is 9.43. The Hall–Kier alpha value is -6.70. The predicted octanol–water partition coefficient (Wildman–Crippen LogP) is 14.4. The molecule has 0 bridgehead atoms. The SMILES string of the molecule is [2H]c1c([2H])c([2H])c2c(-c3cccc4cc(-c5ccc6oc7ccc8ccccc8c7c6c5)ccc34)c3c([2H])c([2H])c([2H])c([2H])c3c(-c3ccc4ccccc4c3)c2c1[2H]. The van der Waals surface area contributed by atoms with E-state index in [9.17, 15) is 5.48 Å². The van der Waals surface area contributed by atoms with Crippen LogP contribution in [0, 0.1) is 0 Å². The van der Waals surface area contributed by atoms with Gasteiger partial charge in [0.1, 0.15) is 11.2 Å². The minimum Gasteiger partial charge on any atom is -0.456 e. The first-order valence-corrected chi connectivity index (χ1v) is 16.9. The van der Waals surface area contributed by atoms with Gasteiger partial charge in [0.05, 0.1) is 11.0 Å². The summed E-state index contributed by atoms with van der Waals surface area (Å²) >= 11 is 0. The van der Waals surface area contributed by atoms with Gasteiger partial charge in [0.2, 0.25) is 0 Å². The van der Waals surface area contributed by atoms with E-state index in [4.69, 9.17) is 9.90 Å². The lowest BCUT2D eigenvalue weighted by atomic mass is 9.84. The molecule has 0 fully saturated rings. The average Bonchev–Trinajstić information content (AvgIpc) is 3.66. The van der Waals surface area contributed by atoms with Gasteiger partial charge in [-0.2, -0.15) is 0 Å². The minimum atomic E-state index is -0.425. The molecule has 11 aromatic rings. The van der Waals surface area contributed by atoms with E-state index in [2.05, 4.69) is 30.3 Å². The first-order valence-electron chi connectivity index (χ1n) is 20.9. The standard InChI is InChI=1S/C50H30O/c1-2-12-33-29-37(21-20-31(33)10-1)48-41-15-5-7-17-43(41)49(44-18-8-6-16-42(44)48)40-19-9-13-36-28-34(22-25-38(36)40)35-24-26-46-45(30-35)50-39-14-4-3-11-32(39)23-27-47(50)51-46/h1-30H/i5D,6D,7D,8D,15D,16D,17D,18D.